The van der Waals surface area contributed by atoms with Crippen LogP contribution in [0.5, 0.6) is 0 Å². The molecular formula is C22H25ClN4O. The molecule has 1 amide bonds. The minimum atomic E-state index is -0.227. The lowest BCUT2D eigenvalue weighted by molar-refractivity contribution is 0.0944. The summed E-state index contributed by atoms with van der Waals surface area (Å²) < 4.78 is 1.74. The number of aromatic nitrogens is 3. The van der Waals surface area contributed by atoms with E-state index in [-0.39, 0.29) is 17.2 Å². The maximum atomic E-state index is 12.9. The molecule has 0 radical (unpaired) electrons. The zero-order chi connectivity index (χ0) is 20.3. The first-order chi connectivity index (χ1) is 13.3. The second-order valence-corrected chi connectivity index (χ2v) is 8.21. The molecule has 0 aliphatic rings. The van der Waals surface area contributed by atoms with Crippen molar-refractivity contribution in [3.63, 3.8) is 0 Å². The predicted octanol–water partition coefficient (Wildman–Crippen LogP) is 4.75. The Kier molecular flexibility index (Phi) is 5.84. The Morgan fingerprint density at radius 1 is 1.18 bits per heavy atom. The molecule has 0 aliphatic heterocycles. The van der Waals surface area contributed by atoms with Crippen LogP contribution in [0, 0.1) is 0 Å². The number of amides is 1. The first-order valence-electron chi connectivity index (χ1n) is 9.33. The molecule has 0 saturated carbocycles. The lowest BCUT2D eigenvalue weighted by atomic mass is 9.84. The number of pyridine rings is 1. The van der Waals surface area contributed by atoms with E-state index in [1.54, 1.807) is 17.1 Å². The molecule has 146 valence electrons. The summed E-state index contributed by atoms with van der Waals surface area (Å²) in [6.45, 7) is 8.78. The molecule has 0 spiro atoms. The quantitative estimate of drug-likeness (QED) is 0.653. The van der Waals surface area contributed by atoms with Crippen molar-refractivity contribution in [3.8, 4) is 5.82 Å². The Morgan fingerprint density at radius 2 is 1.89 bits per heavy atom. The Morgan fingerprint density at radius 3 is 2.50 bits per heavy atom. The topological polar surface area (TPSA) is 59.8 Å². The third-order valence-electron chi connectivity index (χ3n) is 4.78. The number of nitrogens with zero attached hydrogens (tertiary/aromatic N) is 3. The van der Waals surface area contributed by atoms with Gasteiger partial charge in [0.05, 0.1) is 17.5 Å². The number of benzene rings is 1. The molecule has 2 heterocycles. The van der Waals surface area contributed by atoms with E-state index in [2.05, 4.69) is 29.2 Å². The van der Waals surface area contributed by atoms with E-state index < -0.39 is 0 Å². The molecule has 1 aromatic carbocycles. The van der Waals surface area contributed by atoms with Crippen LogP contribution >= 0.6 is 11.6 Å². The molecule has 1 N–H and O–H groups in total. The lowest BCUT2D eigenvalue weighted by Crippen LogP contribution is -2.37. The fourth-order valence-corrected chi connectivity index (χ4v) is 3.28. The summed E-state index contributed by atoms with van der Waals surface area (Å²) in [7, 11) is 0. The van der Waals surface area contributed by atoms with Gasteiger partial charge in [0.1, 0.15) is 0 Å². The van der Waals surface area contributed by atoms with Crippen LogP contribution in [-0.2, 0) is 5.41 Å². The highest BCUT2D eigenvalue weighted by Crippen LogP contribution is 2.25. The Labute approximate surface area is 170 Å². The Balaban J connectivity index is 1.81. The number of hydrogen-bond donors (Lipinski definition) is 1. The van der Waals surface area contributed by atoms with Crippen LogP contribution in [-0.4, -0.2) is 27.2 Å². The molecule has 6 heteroatoms. The maximum absolute atomic E-state index is 12.9. The average Bonchev–Trinajstić information content (AvgIpc) is 3.13. The van der Waals surface area contributed by atoms with Crippen LogP contribution in [0.1, 0.15) is 55.2 Å². The van der Waals surface area contributed by atoms with Crippen molar-refractivity contribution in [2.24, 2.45) is 0 Å². The van der Waals surface area contributed by atoms with Gasteiger partial charge in [0, 0.05) is 23.2 Å². The van der Waals surface area contributed by atoms with Gasteiger partial charge in [0.15, 0.2) is 5.82 Å². The molecule has 2 aromatic heterocycles. The van der Waals surface area contributed by atoms with E-state index in [4.69, 9.17) is 11.6 Å². The fraction of sp³-hybridized carbons (Fsp3) is 0.318. The van der Waals surface area contributed by atoms with Crippen LogP contribution in [0.4, 0.5) is 0 Å². The number of nitrogens with one attached hydrogen (secondary N) is 1. The van der Waals surface area contributed by atoms with Gasteiger partial charge >= 0.3 is 0 Å². The summed E-state index contributed by atoms with van der Waals surface area (Å²) in [5.41, 5.74) is 2.31. The summed E-state index contributed by atoms with van der Waals surface area (Å²) in [4.78, 5) is 17.3. The standard InChI is InChI=1S/C22H25ClN4O/c1-15(2)20-18(13-26-27(20)19-7-5-6-12-24-19)21(28)25-14-22(3,4)16-8-10-17(23)11-9-16/h5-13,15H,14H2,1-4H3,(H,25,28). The van der Waals surface area contributed by atoms with E-state index in [0.717, 1.165) is 11.3 Å². The lowest BCUT2D eigenvalue weighted by Gasteiger charge is -2.26. The normalized spacial score (nSPS) is 11.6. The highest BCUT2D eigenvalue weighted by Gasteiger charge is 2.25. The first-order valence-corrected chi connectivity index (χ1v) is 9.71. The molecule has 28 heavy (non-hydrogen) atoms. The Hall–Kier alpha value is -2.66. The van der Waals surface area contributed by atoms with Crippen LogP contribution in [0.15, 0.2) is 54.9 Å². The van der Waals surface area contributed by atoms with Gasteiger partial charge in [0.2, 0.25) is 0 Å². The van der Waals surface area contributed by atoms with Gasteiger partial charge in [0.25, 0.3) is 5.91 Å². The second kappa shape index (κ2) is 8.15. The van der Waals surface area contributed by atoms with Gasteiger partial charge in [-0.15, -0.1) is 0 Å². The number of hydrogen-bond acceptors (Lipinski definition) is 3. The zero-order valence-corrected chi connectivity index (χ0v) is 17.4. The van der Waals surface area contributed by atoms with E-state index in [0.29, 0.717) is 22.9 Å². The number of carbonyl (C=O) groups excluding carboxylic acids is 1. The molecule has 5 nitrogen and oxygen atoms in total. The first kappa shape index (κ1) is 20.1. The summed E-state index contributed by atoms with van der Waals surface area (Å²) in [6.07, 6.45) is 3.34. The largest absolute Gasteiger partial charge is 0.351 e. The number of carbonyl (C=O) groups is 1. The highest BCUT2D eigenvalue weighted by molar-refractivity contribution is 6.30. The number of halogens is 1. The summed E-state index contributed by atoms with van der Waals surface area (Å²) in [5.74, 6) is 0.689. The molecule has 0 fully saturated rings. The van der Waals surface area contributed by atoms with Gasteiger partial charge in [-0.2, -0.15) is 5.10 Å². The van der Waals surface area contributed by atoms with Crippen molar-refractivity contribution in [1.82, 2.24) is 20.1 Å². The van der Waals surface area contributed by atoms with E-state index >= 15 is 0 Å². The summed E-state index contributed by atoms with van der Waals surface area (Å²) >= 11 is 5.99. The molecule has 0 saturated heterocycles. The number of rotatable bonds is 6. The van der Waals surface area contributed by atoms with Gasteiger partial charge < -0.3 is 5.32 Å². The van der Waals surface area contributed by atoms with Crippen molar-refractivity contribution in [2.45, 2.75) is 39.0 Å². The van der Waals surface area contributed by atoms with Gasteiger partial charge in [-0.05, 0) is 35.7 Å². The van der Waals surface area contributed by atoms with Gasteiger partial charge in [-0.25, -0.2) is 9.67 Å². The molecule has 0 atom stereocenters. The van der Waals surface area contributed by atoms with Crippen molar-refractivity contribution in [3.05, 3.63) is 76.7 Å². The van der Waals surface area contributed by atoms with Crippen LogP contribution in [0.3, 0.4) is 0 Å². The van der Waals surface area contributed by atoms with Crippen LogP contribution in [0.2, 0.25) is 5.02 Å². The molecule has 0 aliphatic carbocycles. The molecule has 3 aromatic rings. The highest BCUT2D eigenvalue weighted by atomic mass is 35.5. The van der Waals surface area contributed by atoms with Crippen LogP contribution in [0.25, 0.3) is 5.82 Å². The van der Waals surface area contributed by atoms with E-state index in [1.807, 2.05) is 56.3 Å². The zero-order valence-electron chi connectivity index (χ0n) is 16.6. The Bertz CT molecular complexity index is 946. The van der Waals surface area contributed by atoms with E-state index in [9.17, 15) is 4.79 Å². The summed E-state index contributed by atoms with van der Waals surface area (Å²) in [6, 6.07) is 13.4. The van der Waals surface area contributed by atoms with E-state index in [1.165, 1.54) is 0 Å². The third-order valence-corrected chi connectivity index (χ3v) is 5.03. The second-order valence-electron chi connectivity index (χ2n) is 7.77. The van der Waals surface area contributed by atoms with Crippen molar-refractivity contribution >= 4 is 17.5 Å². The van der Waals surface area contributed by atoms with Crippen molar-refractivity contribution in [2.75, 3.05) is 6.54 Å². The fourth-order valence-electron chi connectivity index (χ4n) is 3.15. The van der Waals surface area contributed by atoms with Gasteiger partial charge in [-0.3, -0.25) is 4.79 Å². The molecule has 0 unspecified atom stereocenters. The van der Waals surface area contributed by atoms with Gasteiger partial charge in [-0.1, -0.05) is 57.5 Å². The minimum absolute atomic E-state index is 0.120. The van der Waals surface area contributed by atoms with Crippen molar-refractivity contribution < 1.29 is 4.79 Å². The monoisotopic (exact) mass is 396 g/mol. The smallest absolute Gasteiger partial charge is 0.254 e. The summed E-state index contributed by atoms with van der Waals surface area (Å²) in [5, 5.41) is 8.19. The average molecular weight is 397 g/mol. The SMILES string of the molecule is CC(C)c1c(C(=O)NCC(C)(C)c2ccc(Cl)cc2)cnn1-c1ccccn1. The van der Waals surface area contributed by atoms with Crippen molar-refractivity contribution in [1.29, 1.82) is 0 Å². The predicted molar refractivity (Wildman–Crippen MR) is 112 cm³/mol. The minimum Gasteiger partial charge on any atom is -0.351 e. The molecule has 3 rings (SSSR count). The molecule has 0 bridgehead atoms. The maximum Gasteiger partial charge on any atom is 0.254 e. The molecular weight excluding hydrogens is 372 g/mol. The van der Waals surface area contributed by atoms with Crippen LogP contribution < -0.4 is 5.32 Å². The third kappa shape index (κ3) is 4.25.